The van der Waals surface area contributed by atoms with Crippen LogP contribution in [0.2, 0.25) is 0 Å². The van der Waals surface area contributed by atoms with Crippen molar-refractivity contribution < 1.29 is 57.8 Å². The number of benzene rings is 2. The van der Waals surface area contributed by atoms with Gasteiger partial charge in [0.2, 0.25) is 0 Å². The number of ketones is 1. The number of rotatable bonds is 9. The van der Waals surface area contributed by atoms with Gasteiger partial charge in [-0.3, -0.25) is 9.59 Å². The van der Waals surface area contributed by atoms with Crippen LogP contribution >= 0.6 is 0 Å². The van der Waals surface area contributed by atoms with Gasteiger partial charge in [0, 0.05) is 39.4 Å². The Balaban J connectivity index is 1.55. The van der Waals surface area contributed by atoms with Crippen LogP contribution in [0.5, 0.6) is 0 Å². The molecule has 54 heavy (non-hydrogen) atoms. The monoisotopic (exact) mass is 749 g/mol. The molecule has 1 saturated heterocycles. The topological polar surface area (TPSA) is 190 Å². The Kier molecular flexibility index (Phi) is 10.5. The molecule has 13 heteroatoms. The zero-order valence-electron chi connectivity index (χ0n) is 32.0. The number of fused-ring (bicyclic) bond motifs is 5. The van der Waals surface area contributed by atoms with Gasteiger partial charge in [0.25, 0.3) is 0 Å². The van der Waals surface area contributed by atoms with Crippen LogP contribution in [0.25, 0.3) is 0 Å². The van der Waals surface area contributed by atoms with Crippen molar-refractivity contribution in [2.45, 2.75) is 108 Å². The van der Waals surface area contributed by atoms with Crippen molar-refractivity contribution in [3.8, 4) is 0 Å². The lowest BCUT2D eigenvalue weighted by molar-refractivity contribution is -0.347. The SMILES string of the molecule is CO[C@H]1C(=O)[C@]2(C)[C@@H](OC)C[C@H]3OC[C@@]3(OC(C)=O)[C@H]2[C@H](OC(=O)c2ccccc2)[C@]2(O)CC(OC(=O)[C@H](O)[C@@H](N)c3ccc(C)cc3)C(C)=C1C2(C)C. The molecule has 2 bridgehead atoms. The summed E-state index contributed by atoms with van der Waals surface area (Å²) in [6, 6.07) is 14.1. The quantitative estimate of drug-likeness (QED) is 0.193. The maximum absolute atomic E-state index is 15.4. The molecule has 3 fully saturated rings. The summed E-state index contributed by atoms with van der Waals surface area (Å²) < 4.78 is 36.7. The number of aliphatic hydroxyl groups excluding tert-OH is 1. The van der Waals surface area contributed by atoms with Gasteiger partial charge < -0.3 is 44.4 Å². The molecule has 0 radical (unpaired) electrons. The first-order valence-corrected chi connectivity index (χ1v) is 18.2. The third-order valence-corrected chi connectivity index (χ3v) is 12.7. The van der Waals surface area contributed by atoms with Gasteiger partial charge in [-0.25, -0.2) is 9.59 Å². The molecule has 0 spiro atoms. The van der Waals surface area contributed by atoms with E-state index in [0.29, 0.717) is 16.7 Å². The van der Waals surface area contributed by atoms with E-state index in [1.165, 1.54) is 21.1 Å². The number of nitrogens with two attached hydrogens (primary N) is 1. The van der Waals surface area contributed by atoms with E-state index >= 15 is 4.79 Å². The van der Waals surface area contributed by atoms with Gasteiger partial charge in [-0.1, -0.05) is 61.9 Å². The fourth-order valence-electron chi connectivity index (χ4n) is 9.61. The fraction of sp³-hybridized carbons (Fsp3) is 0.561. The van der Waals surface area contributed by atoms with Gasteiger partial charge >= 0.3 is 17.9 Å². The molecule has 3 aliphatic carbocycles. The molecule has 292 valence electrons. The van der Waals surface area contributed by atoms with Crippen LogP contribution in [0.1, 0.15) is 75.0 Å². The van der Waals surface area contributed by atoms with Crippen molar-refractivity contribution in [3.05, 3.63) is 82.4 Å². The first kappa shape index (κ1) is 39.7. The molecule has 2 saturated carbocycles. The van der Waals surface area contributed by atoms with Crippen molar-refractivity contribution in [2.75, 3.05) is 20.8 Å². The molecular formula is C41H51NO12. The van der Waals surface area contributed by atoms with Crippen LogP contribution in [-0.2, 0) is 42.8 Å². The van der Waals surface area contributed by atoms with Gasteiger partial charge in [0.05, 0.1) is 35.6 Å². The number of aliphatic hydroxyl groups is 2. The van der Waals surface area contributed by atoms with Crippen molar-refractivity contribution in [3.63, 3.8) is 0 Å². The Morgan fingerprint density at radius 3 is 2.17 bits per heavy atom. The number of carbonyl (C=O) groups is 4. The Morgan fingerprint density at radius 1 is 0.963 bits per heavy atom. The van der Waals surface area contributed by atoms with Crippen molar-refractivity contribution in [1.29, 1.82) is 0 Å². The summed E-state index contributed by atoms with van der Waals surface area (Å²) in [5, 5.41) is 24.7. The van der Waals surface area contributed by atoms with Gasteiger partial charge in [-0.15, -0.1) is 0 Å². The largest absolute Gasteiger partial charge is 0.456 e. The highest BCUT2D eigenvalue weighted by molar-refractivity contribution is 5.94. The van der Waals surface area contributed by atoms with E-state index in [4.69, 9.17) is 34.2 Å². The average Bonchev–Trinajstić information content (AvgIpc) is 3.13. The first-order chi connectivity index (χ1) is 25.4. The lowest BCUT2D eigenvalue weighted by atomic mass is 9.44. The lowest BCUT2D eigenvalue weighted by Gasteiger charge is -2.67. The molecule has 13 nitrogen and oxygen atoms in total. The van der Waals surface area contributed by atoms with E-state index in [9.17, 15) is 24.6 Å². The summed E-state index contributed by atoms with van der Waals surface area (Å²) in [5.74, 6) is -4.26. The highest BCUT2D eigenvalue weighted by Gasteiger charge is 2.78. The third-order valence-electron chi connectivity index (χ3n) is 12.7. The predicted octanol–water partition coefficient (Wildman–Crippen LogP) is 3.31. The van der Waals surface area contributed by atoms with Crippen molar-refractivity contribution in [1.82, 2.24) is 0 Å². The van der Waals surface area contributed by atoms with Gasteiger partial charge in [-0.2, -0.15) is 0 Å². The molecule has 11 atom stereocenters. The number of ether oxygens (including phenoxy) is 6. The molecule has 0 amide bonds. The molecular weight excluding hydrogens is 698 g/mol. The Labute approximate surface area is 315 Å². The highest BCUT2D eigenvalue weighted by atomic mass is 16.6. The number of aryl methyl sites for hydroxylation is 1. The highest BCUT2D eigenvalue weighted by Crippen LogP contribution is 2.64. The standard InChI is InChI=1S/C41H51NO12/c1-21-14-16-24(17-15-21)30(42)31(44)37(47)52-26-19-41(48)35(53-36(46)25-12-10-9-11-13-25)33-39(6,34(45)32(50-8)29(22(26)2)38(41,4)5)27(49-7)18-28-40(33,20-51-28)54-23(3)43/h9-17,26-28,30-33,35,44,48H,18-20,42H2,1-8H3/t26?,27-,28+,30-,31+,32+,33-,35-,39+,40-,41+/m0/s1. The van der Waals surface area contributed by atoms with Gasteiger partial charge in [0.1, 0.15) is 30.0 Å². The summed E-state index contributed by atoms with van der Waals surface area (Å²) in [6.07, 6.45) is -7.81. The molecule has 4 N–H and O–H groups in total. The van der Waals surface area contributed by atoms with Gasteiger partial charge in [-0.05, 0) is 49.6 Å². The number of hydrogen-bond acceptors (Lipinski definition) is 13. The van der Waals surface area contributed by atoms with Crippen LogP contribution in [0.3, 0.4) is 0 Å². The smallest absolute Gasteiger partial charge is 0.338 e. The first-order valence-electron chi connectivity index (χ1n) is 18.2. The van der Waals surface area contributed by atoms with Crippen LogP contribution < -0.4 is 5.73 Å². The zero-order valence-corrected chi connectivity index (χ0v) is 32.0. The third kappa shape index (κ3) is 6.00. The minimum atomic E-state index is -2.15. The Hall–Kier alpha value is -3.98. The number of Topliss-reactive ketones (excluding diaryl/α,β-unsaturated/α-hetero) is 1. The van der Waals surface area contributed by atoms with Crippen LogP contribution in [0.4, 0.5) is 0 Å². The Morgan fingerprint density at radius 2 is 1.61 bits per heavy atom. The van der Waals surface area contributed by atoms with Crippen LogP contribution in [0.15, 0.2) is 65.7 Å². The lowest BCUT2D eigenvalue weighted by Crippen LogP contribution is -2.82. The molecule has 2 aromatic rings. The van der Waals surface area contributed by atoms with Crippen LogP contribution in [0, 0.1) is 23.7 Å². The fourth-order valence-corrected chi connectivity index (χ4v) is 9.61. The summed E-state index contributed by atoms with van der Waals surface area (Å²) >= 11 is 0. The predicted molar refractivity (Wildman–Crippen MR) is 193 cm³/mol. The number of methoxy groups -OCH3 is 2. The van der Waals surface area contributed by atoms with Crippen molar-refractivity contribution in [2.24, 2.45) is 22.5 Å². The maximum atomic E-state index is 15.4. The zero-order chi connectivity index (χ0) is 39.5. The second-order valence-electron chi connectivity index (χ2n) is 15.9. The second kappa shape index (κ2) is 14.3. The summed E-state index contributed by atoms with van der Waals surface area (Å²) in [6.45, 7) is 9.74. The molecule has 1 aliphatic heterocycles. The van der Waals surface area contributed by atoms with E-state index in [0.717, 1.165) is 5.56 Å². The van der Waals surface area contributed by atoms with E-state index in [1.807, 2.05) is 6.92 Å². The molecule has 6 rings (SSSR count). The van der Waals surface area contributed by atoms with Gasteiger partial charge in [0.15, 0.2) is 17.5 Å². The van der Waals surface area contributed by atoms with E-state index < -0.39 is 94.3 Å². The second-order valence-corrected chi connectivity index (χ2v) is 15.9. The van der Waals surface area contributed by atoms with Crippen LogP contribution in [-0.4, -0.2) is 103 Å². The number of hydrogen-bond donors (Lipinski definition) is 3. The molecule has 1 heterocycles. The number of carbonyl (C=O) groups excluding carboxylic acids is 4. The normalized spacial score (nSPS) is 35.2. The van der Waals surface area contributed by atoms with E-state index in [1.54, 1.807) is 82.3 Å². The Bertz CT molecular complexity index is 1830. The van der Waals surface area contributed by atoms with Crippen molar-refractivity contribution >= 4 is 23.7 Å². The minimum Gasteiger partial charge on any atom is -0.456 e. The molecule has 2 aromatic carbocycles. The minimum absolute atomic E-state index is 0.150. The molecule has 4 aliphatic rings. The summed E-state index contributed by atoms with van der Waals surface area (Å²) in [4.78, 5) is 56.2. The average molecular weight is 750 g/mol. The molecule has 1 unspecified atom stereocenters. The maximum Gasteiger partial charge on any atom is 0.338 e. The summed E-state index contributed by atoms with van der Waals surface area (Å²) in [5.41, 5.74) is 1.98. The molecule has 0 aromatic heterocycles. The van der Waals surface area contributed by atoms with E-state index in [2.05, 4.69) is 0 Å². The number of esters is 3. The summed E-state index contributed by atoms with van der Waals surface area (Å²) in [7, 11) is 2.82. The van der Waals surface area contributed by atoms with E-state index in [-0.39, 0.29) is 25.0 Å².